The van der Waals surface area contributed by atoms with Gasteiger partial charge in [0.15, 0.2) is 0 Å². The number of rotatable bonds is 5. The maximum Gasteiger partial charge on any atom is 0.325 e. The first-order chi connectivity index (χ1) is 12.8. The van der Waals surface area contributed by atoms with Gasteiger partial charge in [0.2, 0.25) is 5.91 Å². The van der Waals surface area contributed by atoms with E-state index in [2.05, 4.69) is 10.6 Å². The Morgan fingerprint density at radius 1 is 1.11 bits per heavy atom. The van der Waals surface area contributed by atoms with Crippen LogP contribution in [0.2, 0.25) is 5.02 Å². The number of benzene rings is 2. The van der Waals surface area contributed by atoms with Gasteiger partial charge < -0.3 is 10.6 Å². The molecule has 0 saturated carbocycles. The first-order valence-electron chi connectivity index (χ1n) is 8.52. The standard InChI is InChI=1S/C20H20ClN3O3/c1-13-3-5-14(6-4-13)11-22-17(25)12-24-18(26)20(2,23-19(24)27)15-7-9-16(21)10-8-15/h3-10H,11-12H2,1-2H3,(H,22,25)(H,23,27)/t20-/m1/s1. The van der Waals surface area contributed by atoms with Gasteiger partial charge in [-0.05, 0) is 37.1 Å². The third kappa shape index (κ3) is 3.95. The van der Waals surface area contributed by atoms with Crippen LogP contribution in [0.5, 0.6) is 0 Å². The lowest BCUT2D eigenvalue weighted by atomic mass is 9.92. The Morgan fingerprint density at radius 2 is 1.74 bits per heavy atom. The molecule has 1 aliphatic rings. The molecule has 1 saturated heterocycles. The zero-order valence-electron chi connectivity index (χ0n) is 15.1. The molecule has 0 spiro atoms. The zero-order chi connectivity index (χ0) is 19.6. The van der Waals surface area contributed by atoms with E-state index in [1.807, 2.05) is 31.2 Å². The molecule has 140 valence electrons. The minimum Gasteiger partial charge on any atom is -0.350 e. The monoisotopic (exact) mass is 385 g/mol. The van der Waals surface area contributed by atoms with Gasteiger partial charge in [-0.1, -0.05) is 53.6 Å². The first-order valence-corrected chi connectivity index (χ1v) is 8.90. The highest BCUT2D eigenvalue weighted by atomic mass is 35.5. The molecule has 6 nitrogen and oxygen atoms in total. The second-order valence-electron chi connectivity index (χ2n) is 6.72. The van der Waals surface area contributed by atoms with E-state index in [0.29, 0.717) is 17.1 Å². The van der Waals surface area contributed by atoms with E-state index in [-0.39, 0.29) is 6.54 Å². The highest BCUT2D eigenvalue weighted by molar-refractivity contribution is 6.30. The molecule has 1 atom stereocenters. The molecule has 1 heterocycles. The Bertz CT molecular complexity index is 880. The number of urea groups is 1. The molecule has 0 aliphatic carbocycles. The van der Waals surface area contributed by atoms with Crippen molar-refractivity contribution in [1.82, 2.24) is 15.5 Å². The summed E-state index contributed by atoms with van der Waals surface area (Å²) in [6.07, 6.45) is 0. The topological polar surface area (TPSA) is 78.5 Å². The van der Waals surface area contributed by atoms with Gasteiger partial charge in [0.25, 0.3) is 5.91 Å². The van der Waals surface area contributed by atoms with E-state index in [0.717, 1.165) is 16.0 Å². The summed E-state index contributed by atoms with van der Waals surface area (Å²) in [6.45, 7) is 3.59. The van der Waals surface area contributed by atoms with Crippen molar-refractivity contribution in [2.45, 2.75) is 25.9 Å². The lowest BCUT2D eigenvalue weighted by Crippen LogP contribution is -2.43. The molecule has 3 rings (SSSR count). The van der Waals surface area contributed by atoms with Gasteiger partial charge in [-0.2, -0.15) is 0 Å². The lowest BCUT2D eigenvalue weighted by Gasteiger charge is -2.22. The Balaban J connectivity index is 1.65. The fourth-order valence-electron chi connectivity index (χ4n) is 2.93. The number of carbonyl (C=O) groups is 3. The second-order valence-corrected chi connectivity index (χ2v) is 7.15. The molecule has 0 unspecified atom stereocenters. The summed E-state index contributed by atoms with van der Waals surface area (Å²) in [5, 5.41) is 5.93. The first kappa shape index (κ1) is 18.9. The summed E-state index contributed by atoms with van der Waals surface area (Å²) in [5.41, 5.74) is 1.45. The molecule has 2 aromatic rings. The summed E-state index contributed by atoms with van der Waals surface area (Å²) < 4.78 is 0. The number of hydrogen-bond donors (Lipinski definition) is 2. The number of nitrogens with one attached hydrogen (secondary N) is 2. The average molecular weight is 386 g/mol. The van der Waals surface area contributed by atoms with E-state index >= 15 is 0 Å². The van der Waals surface area contributed by atoms with Gasteiger partial charge in [-0.3, -0.25) is 14.5 Å². The third-order valence-corrected chi connectivity index (χ3v) is 4.86. The normalized spacial score (nSPS) is 19.1. The molecule has 2 N–H and O–H groups in total. The molecule has 0 aromatic heterocycles. The maximum atomic E-state index is 12.8. The van der Waals surface area contributed by atoms with Gasteiger partial charge in [-0.15, -0.1) is 0 Å². The van der Waals surface area contributed by atoms with Crippen molar-refractivity contribution in [1.29, 1.82) is 0 Å². The number of aryl methyl sites for hydroxylation is 1. The molecule has 2 aromatic carbocycles. The van der Waals surface area contributed by atoms with Crippen LogP contribution in [-0.4, -0.2) is 29.3 Å². The summed E-state index contributed by atoms with van der Waals surface area (Å²) in [4.78, 5) is 38.2. The number of carbonyl (C=O) groups excluding carboxylic acids is 3. The molecule has 27 heavy (non-hydrogen) atoms. The molecule has 7 heteroatoms. The van der Waals surface area contributed by atoms with Crippen LogP contribution in [0.1, 0.15) is 23.6 Å². The number of nitrogens with zero attached hydrogens (tertiary/aromatic N) is 1. The van der Waals surface area contributed by atoms with E-state index < -0.39 is 23.4 Å². The van der Waals surface area contributed by atoms with Crippen molar-refractivity contribution >= 4 is 29.4 Å². The van der Waals surface area contributed by atoms with Crippen molar-refractivity contribution in [3.05, 3.63) is 70.2 Å². The third-order valence-electron chi connectivity index (χ3n) is 4.61. The predicted octanol–water partition coefficient (Wildman–Crippen LogP) is 2.73. The molecule has 4 amide bonds. The fraction of sp³-hybridized carbons (Fsp3) is 0.250. The summed E-state index contributed by atoms with van der Waals surface area (Å²) >= 11 is 5.88. The minimum absolute atomic E-state index is 0.331. The van der Waals surface area contributed by atoms with Crippen molar-refractivity contribution in [2.24, 2.45) is 0 Å². The van der Waals surface area contributed by atoms with Crippen molar-refractivity contribution in [3.8, 4) is 0 Å². The number of amides is 4. The van der Waals surface area contributed by atoms with Crippen molar-refractivity contribution in [2.75, 3.05) is 6.54 Å². The van der Waals surface area contributed by atoms with Gasteiger partial charge >= 0.3 is 6.03 Å². The quantitative estimate of drug-likeness (QED) is 0.777. The van der Waals surface area contributed by atoms with Crippen LogP contribution < -0.4 is 10.6 Å². The predicted molar refractivity (Wildman–Crippen MR) is 102 cm³/mol. The van der Waals surface area contributed by atoms with Crippen LogP contribution in [0, 0.1) is 6.92 Å². The number of hydrogen-bond acceptors (Lipinski definition) is 3. The van der Waals surface area contributed by atoms with E-state index in [4.69, 9.17) is 11.6 Å². The molecule has 1 fully saturated rings. The van der Waals surface area contributed by atoms with E-state index in [9.17, 15) is 14.4 Å². The molecular formula is C20H20ClN3O3. The van der Waals surface area contributed by atoms with Crippen LogP contribution in [0.3, 0.4) is 0 Å². The van der Waals surface area contributed by atoms with Crippen LogP contribution in [-0.2, 0) is 21.7 Å². The van der Waals surface area contributed by atoms with Gasteiger partial charge in [-0.25, -0.2) is 4.79 Å². The highest BCUT2D eigenvalue weighted by Crippen LogP contribution is 2.29. The Morgan fingerprint density at radius 3 is 2.37 bits per heavy atom. The van der Waals surface area contributed by atoms with Crippen LogP contribution in [0.4, 0.5) is 4.79 Å². The Hall–Kier alpha value is -2.86. The van der Waals surface area contributed by atoms with Crippen LogP contribution in [0.25, 0.3) is 0 Å². The molecule has 1 aliphatic heterocycles. The summed E-state index contributed by atoms with van der Waals surface area (Å²) in [7, 11) is 0. The Labute approximate surface area is 162 Å². The number of halogens is 1. The zero-order valence-corrected chi connectivity index (χ0v) is 15.8. The smallest absolute Gasteiger partial charge is 0.325 e. The SMILES string of the molecule is Cc1ccc(CNC(=O)CN2C(=O)N[C@](C)(c3ccc(Cl)cc3)C2=O)cc1. The largest absolute Gasteiger partial charge is 0.350 e. The average Bonchev–Trinajstić information content (AvgIpc) is 2.86. The second kappa shape index (κ2) is 7.40. The summed E-state index contributed by atoms with van der Waals surface area (Å²) in [6, 6.07) is 13.8. The minimum atomic E-state index is -1.22. The molecular weight excluding hydrogens is 366 g/mol. The highest BCUT2D eigenvalue weighted by Gasteiger charge is 2.49. The van der Waals surface area contributed by atoms with Crippen LogP contribution in [0.15, 0.2) is 48.5 Å². The van der Waals surface area contributed by atoms with E-state index in [1.165, 1.54) is 0 Å². The Kier molecular flexibility index (Phi) is 5.19. The molecule has 0 bridgehead atoms. The summed E-state index contributed by atoms with van der Waals surface area (Å²) in [5.74, 6) is -0.875. The van der Waals surface area contributed by atoms with E-state index in [1.54, 1.807) is 31.2 Å². The van der Waals surface area contributed by atoms with Gasteiger partial charge in [0.05, 0.1) is 0 Å². The number of imide groups is 1. The van der Waals surface area contributed by atoms with Gasteiger partial charge in [0.1, 0.15) is 12.1 Å². The van der Waals surface area contributed by atoms with Gasteiger partial charge in [0, 0.05) is 11.6 Å². The lowest BCUT2D eigenvalue weighted by molar-refractivity contribution is -0.134. The molecule has 0 radical (unpaired) electrons. The van der Waals surface area contributed by atoms with Crippen molar-refractivity contribution < 1.29 is 14.4 Å². The maximum absolute atomic E-state index is 12.8. The fourth-order valence-corrected chi connectivity index (χ4v) is 3.05. The van der Waals surface area contributed by atoms with Crippen molar-refractivity contribution in [3.63, 3.8) is 0 Å². The van der Waals surface area contributed by atoms with Crippen LogP contribution >= 0.6 is 11.6 Å².